The molecule has 5 nitrogen and oxygen atoms in total. The Balaban J connectivity index is 2.39. The van der Waals surface area contributed by atoms with Gasteiger partial charge in [0.1, 0.15) is 10.7 Å². The van der Waals surface area contributed by atoms with Gasteiger partial charge in [0, 0.05) is 6.20 Å². The first-order chi connectivity index (χ1) is 9.03. The van der Waals surface area contributed by atoms with E-state index < -0.39 is 10.0 Å². The van der Waals surface area contributed by atoms with Crippen LogP contribution in [0.1, 0.15) is 5.56 Å². The second kappa shape index (κ2) is 5.56. The van der Waals surface area contributed by atoms with E-state index in [4.69, 9.17) is 16.7 Å². The number of aliphatic hydroxyl groups excluding tert-OH is 1. The van der Waals surface area contributed by atoms with E-state index in [1.807, 2.05) is 0 Å². The van der Waals surface area contributed by atoms with Crippen molar-refractivity contribution >= 4 is 27.4 Å². The van der Waals surface area contributed by atoms with Gasteiger partial charge in [0.05, 0.1) is 11.6 Å². The van der Waals surface area contributed by atoms with E-state index in [0.717, 1.165) is 0 Å². The van der Waals surface area contributed by atoms with Crippen LogP contribution in [0.5, 0.6) is 0 Å². The summed E-state index contributed by atoms with van der Waals surface area (Å²) in [5.74, 6) is 0.202. The maximum atomic E-state index is 12.2. The van der Waals surface area contributed by atoms with Gasteiger partial charge in [-0.2, -0.15) is 0 Å². The normalized spacial score (nSPS) is 11.3. The van der Waals surface area contributed by atoms with E-state index in [1.165, 1.54) is 24.4 Å². The zero-order valence-corrected chi connectivity index (χ0v) is 11.3. The first-order valence-electron chi connectivity index (χ1n) is 5.36. The van der Waals surface area contributed by atoms with Crippen molar-refractivity contribution in [3.05, 3.63) is 53.2 Å². The van der Waals surface area contributed by atoms with Crippen LogP contribution in [-0.4, -0.2) is 18.5 Å². The van der Waals surface area contributed by atoms with Gasteiger partial charge in [0.2, 0.25) is 0 Å². The van der Waals surface area contributed by atoms with Crippen LogP contribution in [0.2, 0.25) is 5.02 Å². The van der Waals surface area contributed by atoms with Crippen molar-refractivity contribution in [2.75, 3.05) is 4.72 Å². The molecule has 7 heteroatoms. The zero-order chi connectivity index (χ0) is 13.9. The third-order valence-electron chi connectivity index (χ3n) is 2.37. The summed E-state index contributed by atoms with van der Waals surface area (Å²) >= 11 is 5.88. The van der Waals surface area contributed by atoms with Crippen LogP contribution in [0, 0.1) is 0 Å². The lowest BCUT2D eigenvalue weighted by atomic mass is 10.2. The minimum Gasteiger partial charge on any atom is -0.392 e. The van der Waals surface area contributed by atoms with E-state index in [9.17, 15) is 8.42 Å². The molecule has 0 saturated carbocycles. The molecular formula is C12H11ClN2O3S. The van der Waals surface area contributed by atoms with E-state index in [-0.39, 0.29) is 22.3 Å². The number of hydrogen-bond acceptors (Lipinski definition) is 4. The topological polar surface area (TPSA) is 79.3 Å². The van der Waals surface area contributed by atoms with Crippen molar-refractivity contribution < 1.29 is 13.5 Å². The molecule has 100 valence electrons. The quantitative estimate of drug-likeness (QED) is 0.905. The van der Waals surface area contributed by atoms with E-state index in [1.54, 1.807) is 18.2 Å². The number of rotatable bonds is 4. The predicted molar refractivity (Wildman–Crippen MR) is 72.4 cm³/mol. The Kier molecular flexibility index (Phi) is 4.04. The van der Waals surface area contributed by atoms with Crippen LogP contribution in [0.15, 0.2) is 47.5 Å². The molecule has 0 atom stereocenters. The highest BCUT2D eigenvalue weighted by Gasteiger charge is 2.19. The number of pyridine rings is 1. The molecule has 0 aliphatic rings. The van der Waals surface area contributed by atoms with Gasteiger partial charge in [-0.25, -0.2) is 13.4 Å². The summed E-state index contributed by atoms with van der Waals surface area (Å²) in [6.45, 7) is -0.261. The van der Waals surface area contributed by atoms with Gasteiger partial charge in [-0.1, -0.05) is 23.7 Å². The van der Waals surface area contributed by atoms with Crippen molar-refractivity contribution in [1.82, 2.24) is 4.98 Å². The first-order valence-corrected chi connectivity index (χ1v) is 7.22. The van der Waals surface area contributed by atoms with Crippen LogP contribution in [0.25, 0.3) is 0 Å². The van der Waals surface area contributed by atoms with Crippen molar-refractivity contribution in [2.24, 2.45) is 0 Å². The fraction of sp³-hybridized carbons (Fsp3) is 0.0833. The fourth-order valence-electron chi connectivity index (χ4n) is 1.47. The summed E-state index contributed by atoms with van der Waals surface area (Å²) in [7, 11) is -3.83. The third kappa shape index (κ3) is 3.23. The van der Waals surface area contributed by atoms with E-state index in [2.05, 4.69) is 9.71 Å². The molecule has 2 aromatic rings. The van der Waals surface area contributed by atoms with Crippen molar-refractivity contribution in [1.29, 1.82) is 0 Å². The molecule has 1 aromatic heterocycles. The summed E-state index contributed by atoms with van der Waals surface area (Å²) in [6.07, 6.45) is 1.48. The Labute approximate surface area is 115 Å². The summed E-state index contributed by atoms with van der Waals surface area (Å²) in [5.41, 5.74) is 0.464. The first kappa shape index (κ1) is 13.8. The fourth-order valence-corrected chi connectivity index (χ4v) is 3.03. The van der Waals surface area contributed by atoms with Crippen molar-refractivity contribution in [3.63, 3.8) is 0 Å². The van der Waals surface area contributed by atoms with Gasteiger partial charge in [0.15, 0.2) is 0 Å². The highest BCUT2D eigenvalue weighted by Crippen LogP contribution is 2.24. The van der Waals surface area contributed by atoms with Crippen LogP contribution in [0.3, 0.4) is 0 Å². The van der Waals surface area contributed by atoms with Gasteiger partial charge in [-0.05, 0) is 29.8 Å². The minimum absolute atomic E-state index is 0.0839. The van der Waals surface area contributed by atoms with Crippen LogP contribution >= 0.6 is 11.6 Å². The molecule has 2 rings (SSSR count). The predicted octanol–water partition coefficient (Wildman–Crippen LogP) is 2.03. The molecule has 0 bridgehead atoms. The maximum absolute atomic E-state index is 12.2. The summed E-state index contributed by atoms with van der Waals surface area (Å²) in [4.78, 5) is 3.79. The number of aliphatic hydroxyl groups is 1. The second-order valence-corrected chi connectivity index (χ2v) is 5.80. The minimum atomic E-state index is -3.83. The number of hydrogen-bond donors (Lipinski definition) is 2. The molecule has 0 amide bonds. The highest BCUT2D eigenvalue weighted by atomic mass is 35.5. The monoisotopic (exact) mass is 298 g/mol. The molecule has 0 aliphatic heterocycles. The average molecular weight is 299 g/mol. The van der Waals surface area contributed by atoms with E-state index >= 15 is 0 Å². The Morgan fingerprint density at radius 3 is 2.68 bits per heavy atom. The maximum Gasteiger partial charge on any atom is 0.264 e. The van der Waals surface area contributed by atoms with Gasteiger partial charge >= 0.3 is 0 Å². The number of anilines is 1. The lowest BCUT2D eigenvalue weighted by Crippen LogP contribution is -2.14. The largest absolute Gasteiger partial charge is 0.392 e. The highest BCUT2D eigenvalue weighted by molar-refractivity contribution is 7.92. The number of halogens is 1. The molecule has 2 N–H and O–H groups in total. The smallest absolute Gasteiger partial charge is 0.264 e. The van der Waals surface area contributed by atoms with Gasteiger partial charge in [-0.3, -0.25) is 4.72 Å². The SMILES string of the molecule is O=S(=O)(Nc1ccccn1)c1cc(CO)ccc1Cl. The van der Waals surface area contributed by atoms with Crippen LogP contribution < -0.4 is 4.72 Å². The number of benzene rings is 1. The number of aromatic nitrogens is 1. The number of sulfonamides is 1. The van der Waals surface area contributed by atoms with Crippen LogP contribution in [0.4, 0.5) is 5.82 Å². The summed E-state index contributed by atoms with van der Waals surface area (Å²) in [6, 6.07) is 9.19. The summed E-state index contributed by atoms with van der Waals surface area (Å²) < 4.78 is 26.7. The van der Waals surface area contributed by atoms with Gasteiger partial charge in [-0.15, -0.1) is 0 Å². The summed E-state index contributed by atoms with van der Waals surface area (Å²) in [5, 5.41) is 9.12. The molecule has 1 aromatic carbocycles. The van der Waals surface area contributed by atoms with Crippen molar-refractivity contribution in [3.8, 4) is 0 Å². The molecule has 0 fully saturated rings. The number of nitrogens with one attached hydrogen (secondary N) is 1. The molecule has 0 aliphatic carbocycles. The molecule has 0 unspecified atom stereocenters. The Hall–Kier alpha value is -1.63. The van der Waals surface area contributed by atoms with E-state index in [0.29, 0.717) is 5.56 Å². The molecule has 19 heavy (non-hydrogen) atoms. The zero-order valence-electron chi connectivity index (χ0n) is 9.75. The molecule has 0 radical (unpaired) electrons. The average Bonchev–Trinajstić information content (AvgIpc) is 2.39. The van der Waals surface area contributed by atoms with Gasteiger partial charge < -0.3 is 5.11 Å². The standard InChI is InChI=1S/C12H11ClN2O3S/c13-10-5-4-9(8-16)7-11(10)19(17,18)15-12-3-1-2-6-14-12/h1-7,16H,8H2,(H,14,15). The molecule has 1 heterocycles. The Morgan fingerprint density at radius 1 is 1.26 bits per heavy atom. The number of nitrogens with zero attached hydrogens (tertiary/aromatic N) is 1. The Morgan fingerprint density at radius 2 is 2.05 bits per heavy atom. The lowest BCUT2D eigenvalue weighted by Gasteiger charge is -2.09. The lowest BCUT2D eigenvalue weighted by molar-refractivity contribution is 0.281. The van der Waals surface area contributed by atoms with Gasteiger partial charge in [0.25, 0.3) is 10.0 Å². The molecular weight excluding hydrogens is 288 g/mol. The van der Waals surface area contributed by atoms with Crippen molar-refractivity contribution in [2.45, 2.75) is 11.5 Å². The second-order valence-electron chi connectivity index (χ2n) is 3.74. The molecule has 0 spiro atoms. The van der Waals surface area contributed by atoms with Crippen LogP contribution in [-0.2, 0) is 16.6 Å². The third-order valence-corrected chi connectivity index (χ3v) is 4.21. The molecule has 0 saturated heterocycles. The Bertz CT molecular complexity index is 675.